The van der Waals surface area contributed by atoms with Gasteiger partial charge in [-0.25, -0.2) is 0 Å². The quantitative estimate of drug-likeness (QED) is 0.773. The highest BCUT2D eigenvalue weighted by atomic mass is 16.5. The van der Waals surface area contributed by atoms with Gasteiger partial charge in [-0.15, -0.1) is 0 Å². The highest BCUT2D eigenvalue weighted by Gasteiger charge is 2.33. The number of amides is 1. The number of aryl methyl sites for hydroxylation is 1. The standard InChI is InChI=1S/C19H30N2O3/c1-4-15-6-8-16(9-7-15)24-13-5-11-21(3)19(23)17-14-20(2)12-10-18(17)22/h6-9,17-18,22H,4-5,10-14H2,1-3H3/t17-,18-/m1/s1. The van der Waals surface area contributed by atoms with E-state index in [4.69, 9.17) is 4.74 Å². The minimum Gasteiger partial charge on any atom is -0.494 e. The van der Waals surface area contributed by atoms with Crippen molar-refractivity contribution in [3.05, 3.63) is 29.8 Å². The Labute approximate surface area is 145 Å². The second-order valence-corrected chi connectivity index (χ2v) is 6.68. The maximum absolute atomic E-state index is 12.5. The maximum Gasteiger partial charge on any atom is 0.229 e. The molecule has 1 aromatic rings. The van der Waals surface area contributed by atoms with Crippen molar-refractivity contribution in [1.82, 2.24) is 9.80 Å². The number of carbonyl (C=O) groups is 1. The van der Waals surface area contributed by atoms with Crippen molar-refractivity contribution >= 4 is 5.91 Å². The average molecular weight is 334 g/mol. The Balaban J connectivity index is 1.71. The Morgan fingerprint density at radius 2 is 2.08 bits per heavy atom. The minimum absolute atomic E-state index is 0.0290. The van der Waals surface area contributed by atoms with Crippen molar-refractivity contribution in [2.75, 3.05) is 40.3 Å². The van der Waals surface area contributed by atoms with Crippen LogP contribution in [0.15, 0.2) is 24.3 Å². The van der Waals surface area contributed by atoms with Crippen LogP contribution in [0, 0.1) is 5.92 Å². The molecule has 0 bridgehead atoms. The summed E-state index contributed by atoms with van der Waals surface area (Å²) in [5.74, 6) is 0.586. The molecule has 1 fully saturated rings. The first-order chi connectivity index (χ1) is 11.5. The third kappa shape index (κ3) is 5.21. The van der Waals surface area contributed by atoms with Crippen LogP contribution in [0.25, 0.3) is 0 Å². The number of benzene rings is 1. The van der Waals surface area contributed by atoms with Crippen LogP contribution in [0.5, 0.6) is 5.75 Å². The summed E-state index contributed by atoms with van der Waals surface area (Å²) in [6, 6.07) is 8.13. The lowest BCUT2D eigenvalue weighted by Gasteiger charge is -2.35. The summed E-state index contributed by atoms with van der Waals surface area (Å²) in [5, 5.41) is 10.1. The second-order valence-electron chi connectivity index (χ2n) is 6.68. The number of likely N-dealkylation sites (tertiary alicyclic amines) is 1. The zero-order valence-electron chi connectivity index (χ0n) is 15.1. The number of carbonyl (C=O) groups excluding carboxylic acids is 1. The molecule has 1 heterocycles. The van der Waals surface area contributed by atoms with Gasteiger partial charge in [-0.3, -0.25) is 4.79 Å². The van der Waals surface area contributed by atoms with Gasteiger partial charge in [-0.2, -0.15) is 0 Å². The van der Waals surface area contributed by atoms with Gasteiger partial charge in [0.2, 0.25) is 5.91 Å². The van der Waals surface area contributed by atoms with E-state index in [0.29, 0.717) is 26.1 Å². The van der Waals surface area contributed by atoms with Crippen LogP contribution in [0.1, 0.15) is 25.3 Å². The summed E-state index contributed by atoms with van der Waals surface area (Å²) in [4.78, 5) is 16.3. The number of rotatable bonds is 7. The van der Waals surface area contributed by atoms with Gasteiger partial charge in [0.15, 0.2) is 0 Å². The molecule has 2 rings (SSSR count). The van der Waals surface area contributed by atoms with E-state index in [9.17, 15) is 9.90 Å². The fraction of sp³-hybridized carbons (Fsp3) is 0.632. The van der Waals surface area contributed by atoms with E-state index in [2.05, 4.69) is 24.0 Å². The molecular weight excluding hydrogens is 304 g/mol. The summed E-state index contributed by atoms with van der Waals surface area (Å²) in [6.45, 7) is 4.82. The molecule has 0 spiro atoms. The molecule has 5 nitrogen and oxygen atoms in total. The van der Waals surface area contributed by atoms with E-state index in [1.165, 1.54) is 5.56 Å². The van der Waals surface area contributed by atoms with Crippen LogP contribution in [0.2, 0.25) is 0 Å². The molecule has 0 unspecified atom stereocenters. The molecule has 0 radical (unpaired) electrons. The third-order valence-corrected chi connectivity index (χ3v) is 4.71. The van der Waals surface area contributed by atoms with Crippen molar-refractivity contribution in [2.24, 2.45) is 5.92 Å². The first kappa shape index (κ1) is 18.7. The summed E-state index contributed by atoms with van der Waals surface area (Å²) in [6.07, 6.45) is 1.94. The molecule has 0 aliphatic carbocycles. The van der Waals surface area contributed by atoms with Crippen molar-refractivity contribution in [2.45, 2.75) is 32.3 Å². The predicted octanol–water partition coefficient (Wildman–Crippen LogP) is 1.79. The number of ether oxygens (including phenoxy) is 1. The summed E-state index contributed by atoms with van der Waals surface area (Å²) in [5.41, 5.74) is 1.30. The van der Waals surface area contributed by atoms with Gasteiger partial charge < -0.3 is 19.6 Å². The molecule has 1 aromatic carbocycles. The van der Waals surface area contributed by atoms with E-state index in [-0.39, 0.29) is 11.8 Å². The normalized spacial score (nSPS) is 21.5. The van der Waals surface area contributed by atoms with Crippen LogP contribution in [-0.2, 0) is 11.2 Å². The topological polar surface area (TPSA) is 53.0 Å². The highest BCUT2D eigenvalue weighted by Crippen LogP contribution is 2.18. The van der Waals surface area contributed by atoms with Gasteiger partial charge in [-0.05, 0) is 44.0 Å². The van der Waals surface area contributed by atoms with E-state index in [1.807, 2.05) is 19.2 Å². The molecule has 1 aliphatic heterocycles. The lowest BCUT2D eigenvalue weighted by atomic mass is 9.93. The largest absolute Gasteiger partial charge is 0.494 e. The smallest absolute Gasteiger partial charge is 0.229 e. The molecule has 1 N–H and O–H groups in total. The molecule has 2 atom stereocenters. The van der Waals surface area contributed by atoms with Crippen LogP contribution in [0.4, 0.5) is 0 Å². The number of aliphatic hydroxyl groups excluding tert-OH is 1. The third-order valence-electron chi connectivity index (χ3n) is 4.71. The second kappa shape index (κ2) is 9.04. The SMILES string of the molecule is CCc1ccc(OCCCN(C)C(=O)[C@@H]2CN(C)CC[C@H]2O)cc1. The Kier molecular flexibility index (Phi) is 7.06. The fourth-order valence-corrected chi connectivity index (χ4v) is 3.05. The van der Waals surface area contributed by atoms with Crippen molar-refractivity contribution in [3.63, 3.8) is 0 Å². The molecule has 0 saturated carbocycles. The zero-order chi connectivity index (χ0) is 17.5. The Morgan fingerprint density at radius 1 is 1.38 bits per heavy atom. The van der Waals surface area contributed by atoms with Gasteiger partial charge in [0.05, 0.1) is 18.6 Å². The van der Waals surface area contributed by atoms with Crippen molar-refractivity contribution in [1.29, 1.82) is 0 Å². The number of piperidine rings is 1. The Bertz CT molecular complexity index is 518. The van der Waals surface area contributed by atoms with Gasteiger partial charge in [0, 0.05) is 26.7 Å². The van der Waals surface area contributed by atoms with E-state index >= 15 is 0 Å². The first-order valence-corrected chi connectivity index (χ1v) is 8.84. The molecule has 24 heavy (non-hydrogen) atoms. The van der Waals surface area contributed by atoms with Crippen molar-refractivity contribution < 1.29 is 14.6 Å². The minimum atomic E-state index is -0.524. The van der Waals surface area contributed by atoms with Gasteiger partial charge in [0.1, 0.15) is 5.75 Å². The Morgan fingerprint density at radius 3 is 2.75 bits per heavy atom. The first-order valence-electron chi connectivity index (χ1n) is 8.84. The van der Waals surface area contributed by atoms with Crippen LogP contribution in [-0.4, -0.2) is 67.3 Å². The van der Waals surface area contributed by atoms with Gasteiger partial charge in [-0.1, -0.05) is 19.1 Å². The number of hydrogen-bond donors (Lipinski definition) is 1. The predicted molar refractivity (Wildman–Crippen MR) is 95.2 cm³/mol. The average Bonchev–Trinajstić information content (AvgIpc) is 2.60. The highest BCUT2D eigenvalue weighted by molar-refractivity contribution is 5.79. The molecule has 1 amide bonds. The summed E-state index contributed by atoms with van der Waals surface area (Å²) in [7, 11) is 3.80. The molecular formula is C19H30N2O3. The van der Waals surface area contributed by atoms with Gasteiger partial charge in [0.25, 0.3) is 0 Å². The van der Waals surface area contributed by atoms with Crippen molar-refractivity contribution in [3.8, 4) is 5.75 Å². The lowest BCUT2D eigenvalue weighted by Crippen LogP contribution is -2.49. The number of aliphatic hydroxyl groups is 1. The van der Waals surface area contributed by atoms with E-state index < -0.39 is 6.10 Å². The zero-order valence-corrected chi connectivity index (χ0v) is 15.1. The fourth-order valence-electron chi connectivity index (χ4n) is 3.05. The monoisotopic (exact) mass is 334 g/mol. The number of nitrogens with zero attached hydrogens (tertiary/aromatic N) is 2. The molecule has 5 heteroatoms. The van der Waals surface area contributed by atoms with E-state index in [0.717, 1.165) is 25.1 Å². The van der Waals surface area contributed by atoms with Crippen LogP contribution >= 0.6 is 0 Å². The van der Waals surface area contributed by atoms with Crippen LogP contribution in [0.3, 0.4) is 0 Å². The molecule has 134 valence electrons. The summed E-state index contributed by atoms with van der Waals surface area (Å²) < 4.78 is 5.72. The molecule has 1 aliphatic rings. The molecule has 1 saturated heterocycles. The summed E-state index contributed by atoms with van der Waals surface area (Å²) >= 11 is 0. The van der Waals surface area contributed by atoms with E-state index in [1.54, 1.807) is 11.9 Å². The number of hydrogen-bond acceptors (Lipinski definition) is 4. The lowest BCUT2D eigenvalue weighted by molar-refractivity contribution is -0.140. The molecule has 0 aromatic heterocycles. The maximum atomic E-state index is 12.5. The van der Waals surface area contributed by atoms with Gasteiger partial charge >= 0.3 is 0 Å². The Hall–Kier alpha value is -1.59. The van der Waals surface area contributed by atoms with Crippen LogP contribution < -0.4 is 4.74 Å².